The average Bonchev–Trinajstić information content (AvgIpc) is 2.27. The number of methoxy groups -OCH3 is 1. The van der Waals surface area contributed by atoms with Crippen LogP contribution in [0.3, 0.4) is 0 Å². The lowest BCUT2D eigenvalue weighted by Crippen LogP contribution is -2.07. The molecule has 0 radical (unpaired) electrons. The number of nitrogens with two attached hydrogens (primary N) is 1. The molecule has 1 aromatic carbocycles. The molecule has 17 heavy (non-hydrogen) atoms. The largest absolute Gasteiger partial charge is 0.496 e. The highest BCUT2D eigenvalue weighted by atomic mass is 19.1. The van der Waals surface area contributed by atoms with Crippen LogP contribution in [0, 0.1) is 5.82 Å². The lowest BCUT2D eigenvalue weighted by molar-refractivity contribution is 0.400. The number of ether oxygens (including phenoxy) is 1. The summed E-state index contributed by atoms with van der Waals surface area (Å²) in [5.74, 6) is 0.825. The quantitative estimate of drug-likeness (QED) is 0.854. The lowest BCUT2D eigenvalue weighted by Gasteiger charge is -2.17. The van der Waals surface area contributed by atoms with Gasteiger partial charge < -0.3 is 10.5 Å². The molecule has 0 aliphatic heterocycles. The average molecular weight is 239 g/mol. The van der Waals surface area contributed by atoms with Gasteiger partial charge in [-0.2, -0.15) is 0 Å². The van der Waals surface area contributed by atoms with Gasteiger partial charge in [-0.15, -0.1) is 0 Å². The molecule has 1 unspecified atom stereocenters. The maximum atomic E-state index is 14.0. The zero-order valence-corrected chi connectivity index (χ0v) is 11.1. The van der Waals surface area contributed by atoms with Crippen LogP contribution in [0.2, 0.25) is 0 Å². The molecule has 0 aromatic heterocycles. The molecule has 2 N–H and O–H groups in total. The Balaban J connectivity index is 3.17. The number of hydrogen-bond donors (Lipinski definition) is 1. The maximum absolute atomic E-state index is 14.0. The van der Waals surface area contributed by atoms with Crippen molar-refractivity contribution in [2.24, 2.45) is 5.73 Å². The van der Waals surface area contributed by atoms with Crippen LogP contribution in [0.4, 0.5) is 4.39 Å². The van der Waals surface area contributed by atoms with Crippen LogP contribution in [0.1, 0.15) is 50.2 Å². The predicted octanol–water partition coefficient (Wildman–Crippen LogP) is 3.41. The minimum Gasteiger partial charge on any atom is -0.496 e. The molecule has 0 saturated carbocycles. The van der Waals surface area contributed by atoms with Gasteiger partial charge in [-0.25, -0.2) is 4.39 Å². The molecule has 1 aromatic rings. The van der Waals surface area contributed by atoms with Crippen molar-refractivity contribution in [2.45, 2.75) is 39.0 Å². The van der Waals surface area contributed by atoms with Gasteiger partial charge in [0, 0.05) is 5.56 Å². The molecule has 0 bridgehead atoms. The molecule has 1 atom stereocenters. The van der Waals surface area contributed by atoms with Crippen LogP contribution in [0.25, 0.3) is 0 Å². The first kappa shape index (κ1) is 14.0. The van der Waals surface area contributed by atoms with Crippen molar-refractivity contribution in [3.63, 3.8) is 0 Å². The van der Waals surface area contributed by atoms with Crippen molar-refractivity contribution < 1.29 is 9.13 Å². The zero-order chi connectivity index (χ0) is 13.0. The second kappa shape index (κ2) is 6.01. The van der Waals surface area contributed by atoms with Crippen LogP contribution < -0.4 is 10.5 Å². The molecular weight excluding hydrogens is 217 g/mol. The lowest BCUT2D eigenvalue weighted by atomic mass is 9.93. The molecule has 3 heteroatoms. The normalized spacial score (nSPS) is 12.9. The van der Waals surface area contributed by atoms with Crippen molar-refractivity contribution in [3.8, 4) is 5.75 Å². The molecule has 0 heterocycles. The Hall–Kier alpha value is -1.09. The van der Waals surface area contributed by atoms with Crippen molar-refractivity contribution in [2.75, 3.05) is 13.7 Å². The van der Waals surface area contributed by atoms with Crippen molar-refractivity contribution >= 4 is 0 Å². The van der Waals surface area contributed by atoms with Gasteiger partial charge in [0.2, 0.25) is 0 Å². The Bertz CT molecular complexity index is 377. The van der Waals surface area contributed by atoms with Crippen LogP contribution in [0.5, 0.6) is 5.75 Å². The highest BCUT2D eigenvalue weighted by molar-refractivity contribution is 5.41. The van der Waals surface area contributed by atoms with Crippen LogP contribution >= 0.6 is 0 Å². The van der Waals surface area contributed by atoms with Gasteiger partial charge in [0.1, 0.15) is 11.6 Å². The van der Waals surface area contributed by atoms with Gasteiger partial charge in [0.25, 0.3) is 0 Å². The first-order valence-corrected chi connectivity index (χ1v) is 6.08. The second-order valence-corrected chi connectivity index (χ2v) is 4.75. The van der Waals surface area contributed by atoms with Crippen molar-refractivity contribution in [1.82, 2.24) is 0 Å². The van der Waals surface area contributed by atoms with Crippen molar-refractivity contribution in [3.05, 3.63) is 29.1 Å². The smallest absolute Gasteiger partial charge is 0.130 e. The fourth-order valence-corrected chi connectivity index (χ4v) is 2.04. The summed E-state index contributed by atoms with van der Waals surface area (Å²) in [4.78, 5) is 0. The molecule has 0 saturated heterocycles. The van der Waals surface area contributed by atoms with E-state index in [4.69, 9.17) is 10.5 Å². The van der Waals surface area contributed by atoms with E-state index in [1.54, 1.807) is 13.2 Å². The first-order chi connectivity index (χ1) is 8.01. The van der Waals surface area contributed by atoms with E-state index in [0.29, 0.717) is 17.9 Å². The molecule has 0 aliphatic rings. The van der Waals surface area contributed by atoms with Gasteiger partial charge in [0.05, 0.1) is 7.11 Å². The summed E-state index contributed by atoms with van der Waals surface area (Å²) in [6.07, 6.45) is 0.851. The van der Waals surface area contributed by atoms with E-state index in [0.717, 1.165) is 12.0 Å². The standard InChI is InChI=1S/C14H22FNO/c1-9(2)14-12(15)7-11(8-13(14)17-4)10(3)5-6-16/h7-10H,5-6,16H2,1-4H3. The number of rotatable bonds is 5. The van der Waals surface area contributed by atoms with Gasteiger partial charge in [-0.3, -0.25) is 0 Å². The minimum absolute atomic E-state index is 0.115. The number of halogens is 1. The summed E-state index contributed by atoms with van der Waals surface area (Å²) in [5.41, 5.74) is 7.13. The van der Waals surface area contributed by atoms with Crippen LogP contribution in [-0.2, 0) is 0 Å². The third-order valence-corrected chi connectivity index (χ3v) is 3.08. The Morgan fingerprint density at radius 2 is 1.94 bits per heavy atom. The molecule has 0 fully saturated rings. The van der Waals surface area contributed by atoms with Gasteiger partial charge in [0.15, 0.2) is 0 Å². The molecule has 96 valence electrons. The molecular formula is C14H22FNO. The highest BCUT2D eigenvalue weighted by Crippen LogP contribution is 2.33. The molecule has 0 spiro atoms. The third-order valence-electron chi connectivity index (χ3n) is 3.08. The monoisotopic (exact) mass is 239 g/mol. The van der Waals surface area contributed by atoms with E-state index >= 15 is 0 Å². The summed E-state index contributed by atoms with van der Waals surface area (Å²) >= 11 is 0. The first-order valence-electron chi connectivity index (χ1n) is 6.08. The number of benzene rings is 1. The Morgan fingerprint density at radius 1 is 1.29 bits per heavy atom. The molecule has 0 amide bonds. The van der Waals surface area contributed by atoms with Crippen molar-refractivity contribution in [1.29, 1.82) is 0 Å². The second-order valence-electron chi connectivity index (χ2n) is 4.75. The van der Waals surface area contributed by atoms with E-state index in [1.165, 1.54) is 0 Å². The summed E-state index contributed by atoms with van der Waals surface area (Å²) in [6.45, 7) is 6.58. The zero-order valence-electron chi connectivity index (χ0n) is 11.1. The fourth-order valence-electron chi connectivity index (χ4n) is 2.04. The van der Waals surface area contributed by atoms with E-state index in [2.05, 4.69) is 6.92 Å². The van der Waals surface area contributed by atoms with Gasteiger partial charge >= 0.3 is 0 Å². The predicted molar refractivity (Wildman–Crippen MR) is 69.1 cm³/mol. The topological polar surface area (TPSA) is 35.2 Å². The molecule has 1 rings (SSSR count). The summed E-state index contributed by atoms with van der Waals surface area (Å²) in [7, 11) is 1.58. The van der Waals surface area contributed by atoms with Gasteiger partial charge in [-0.1, -0.05) is 20.8 Å². The highest BCUT2D eigenvalue weighted by Gasteiger charge is 2.17. The van der Waals surface area contributed by atoms with E-state index in [9.17, 15) is 4.39 Å². The maximum Gasteiger partial charge on any atom is 0.130 e. The Labute approximate surface area is 103 Å². The Kier molecular flexibility index (Phi) is 4.94. The SMILES string of the molecule is COc1cc(C(C)CCN)cc(F)c1C(C)C. The molecule has 2 nitrogen and oxygen atoms in total. The van der Waals surface area contributed by atoms with E-state index in [1.807, 2.05) is 19.9 Å². The summed E-state index contributed by atoms with van der Waals surface area (Å²) in [6, 6.07) is 3.54. The number of hydrogen-bond acceptors (Lipinski definition) is 2. The molecule has 0 aliphatic carbocycles. The van der Waals surface area contributed by atoms with E-state index in [-0.39, 0.29) is 17.7 Å². The fraction of sp³-hybridized carbons (Fsp3) is 0.571. The third kappa shape index (κ3) is 3.19. The summed E-state index contributed by atoms with van der Waals surface area (Å²) < 4.78 is 19.3. The van der Waals surface area contributed by atoms with Crippen LogP contribution in [-0.4, -0.2) is 13.7 Å². The summed E-state index contributed by atoms with van der Waals surface area (Å²) in [5, 5.41) is 0. The Morgan fingerprint density at radius 3 is 2.41 bits per heavy atom. The van der Waals surface area contributed by atoms with Gasteiger partial charge in [-0.05, 0) is 42.5 Å². The minimum atomic E-state index is -0.182. The van der Waals surface area contributed by atoms with E-state index < -0.39 is 0 Å². The van der Waals surface area contributed by atoms with Crippen LogP contribution in [0.15, 0.2) is 12.1 Å².